The quantitative estimate of drug-likeness (QED) is 0.0586. The predicted molar refractivity (Wildman–Crippen MR) is 257 cm³/mol. The van der Waals surface area contributed by atoms with Crippen molar-refractivity contribution in [2.24, 2.45) is 75.4 Å². The van der Waals surface area contributed by atoms with Gasteiger partial charge in [-0.2, -0.15) is 0 Å². The minimum Gasteiger partial charge on any atom is -0.454 e. The maximum absolute atomic E-state index is 15.0. The molecule has 10 nitrogen and oxygen atoms in total. The normalized spacial score (nSPS) is 48.5. The van der Waals surface area contributed by atoms with Gasteiger partial charge < -0.3 is 45.5 Å². The highest BCUT2D eigenvalue weighted by molar-refractivity contribution is 5.86. The van der Waals surface area contributed by atoms with Crippen LogP contribution in [-0.4, -0.2) is 91.1 Å². The first-order chi connectivity index (χ1) is 32.7. The number of carbonyl (C=O) groups is 2. The van der Waals surface area contributed by atoms with Gasteiger partial charge in [0, 0.05) is 53.2 Å². The number of esters is 1. The number of aliphatic hydroxyl groups excluding tert-OH is 3. The molecule has 9 aliphatic carbocycles. The van der Waals surface area contributed by atoms with Gasteiger partial charge in [0.2, 0.25) is 0 Å². The molecule has 0 aromatic heterocycles. The lowest BCUT2D eigenvalue weighted by Gasteiger charge is -2.74. The molecule has 0 amide bonds. The lowest BCUT2D eigenvalue weighted by atomic mass is 9.33. The summed E-state index contributed by atoms with van der Waals surface area (Å²) in [4.78, 5) is 28.6. The molecule has 1 aromatic carbocycles. The van der Waals surface area contributed by atoms with Crippen molar-refractivity contribution >= 4 is 12.3 Å². The van der Waals surface area contributed by atoms with Crippen LogP contribution in [0.2, 0.25) is 0 Å². The van der Waals surface area contributed by atoms with Crippen LogP contribution in [-0.2, 0) is 27.4 Å². The first kappa shape index (κ1) is 47.7. The Morgan fingerprint density at radius 3 is 2.49 bits per heavy atom. The predicted octanol–water partition coefficient (Wildman–Crippen LogP) is 7.10. The zero-order valence-corrected chi connectivity index (χ0v) is 41.1. The van der Waals surface area contributed by atoms with E-state index in [0.717, 1.165) is 92.8 Å². The lowest BCUT2D eigenvalue weighted by molar-refractivity contribution is -0.383. The number of aldehydes is 1. The number of fused-ring (bicyclic) bond motifs is 7. The number of aliphatic hydroxyl groups is 6. The van der Waals surface area contributed by atoms with Crippen LogP contribution in [0.25, 0.3) is 0 Å². The molecule has 8 fully saturated rings. The van der Waals surface area contributed by atoms with E-state index >= 15 is 0 Å². The Balaban J connectivity index is 1.08. The Morgan fingerprint density at radius 2 is 1.74 bits per heavy atom. The van der Waals surface area contributed by atoms with E-state index in [9.17, 15) is 40.2 Å². The van der Waals surface area contributed by atoms with E-state index in [4.69, 9.17) is 4.74 Å². The molecular weight excluding hydrogens is 855 g/mol. The zero-order chi connectivity index (χ0) is 47.6. The Labute approximate surface area is 404 Å². The molecule has 11 rings (SSSR count). The van der Waals surface area contributed by atoms with Crippen molar-refractivity contribution < 1.29 is 45.0 Å². The van der Waals surface area contributed by atoms with Gasteiger partial charge >= 0.3 is 5.97 Å². The molecule has 10 aliphatic rings. The summed E-state index contributed by atoms with van der Waals surface area (Å²) in [6.45, 7) is 4.42. The van der Waals surface area contributed by atoms with Crippen LogP contribution in [0, 0.1) is 87.3 Å². The molecule has 1 aliphatic heterocycles. The second-order valence-corrected chi connectivity index (χ2v) is 25.0. The Kier molecular flexibility index (Phi) is 12.1. The number of rotatable bonds is 9. The number of likely N-dealkylation sites (N-methyl/N-ethyl adjacent to an activating group) is 1. The van der Waals surface area contributed by atoms with Crippen LogP contribution in [0.15, 0.2) is 29.8 Å². The van der Waals surface area contributed by atoms with Crippen LogP contribution < -0.4 is 5.32 Å². The topological polar surface area (TPSA) is 177 Å². The first-order valence-corrected chi connectivity index (χ1v) is 27.5. The molecule has 68 heavy (non-hydrogen) atoms. The molecular formula is C58H81NO9. The van der Waals surface area contributed by atoms with Gasteiger partial charge in [-0.05, 0) is 154 Å². The number of benzene rings is 1. The third-order valence-corrected chi connectivity index (χ3v) is 22.8. The van der Waals surface area contributed by atoms with Crippen LogP contribution >= 0.6 is 0 Å². The fourth-order valence-corrected chi connectivity index (χ4v) is 19.9. The highest BCUT2D eigenvalue weighted by atomic mass is 16.5. The first-order valence-electron chi connectivity index (χ1n) is 27.5. The van der Waals surface area contributed by atoms with Gasteiger partial charge in [-0.3, -0.25) is 0 Å². The van der Waals surface area contributed by atoms with Crippen LogP contribution in [0.5, 0.6) is 0 Å². The molecule has 7 N–H and O–H groups in total. The van der Waals surface area contributed by atoms with Crippen LogP contribution in [0.3, 0.4) is 0 Å². The second-order valence-electron chi connectivity index (χ2n) is 25.0. The van der Waals surface area contributed by atoms with Crippen molar-refractivity contribution in [3.63, 3.8) is 0 Å². The summed E-state index contributed by atoms with van der Waals surface area (Å²) in [5, 5.41) is 84.2. The molecule has 372 valence electrons. The summed E-state index contributed by atoms with van der Waals surface area (Å²) in [6, 6.07) is 5.66. The van der Waals surface area contributed by atoms with Crippen LogP contribution in [0.4, 0.5) is 0 Å². The number of hydrogen-bond donors (Lipinski definition) is 7. The molecule has 2 spiro atoms. The second kappa shape index (κ2) is 17.3. The van der Waals surface area contributed by atoms with Crippen molar-refractivity contribution in [3.05, 3.63) is 46.5 Å². The van der Waals surface area contributed by atoms with Crippen molar-refractivity contribution in [2.45, 2.75) is 203 Å². The van der Waals surface area contributed by atoms with Gasteiger partial charge in [0.25, 0.3) is 0 Å². The molecule has 19 atom stereocenters. The molecule has 8 saturated carbocycles. The number of ether oxygens (including phenoxy) is 1. The van der Waals surface area contributed by atoms with Crippen molar-refractivity contribution in [2.75, 3.05) is 7.05 Å². The maximum atomic E-state index is 15.0. The molecule has 1 aromatic rings. The Morgan fingerprint density at radius 1 is 0.926 bits per heavy atom. The number of carbonyl (C=O) groups excluding carboxylic acids is 2. The molecule has 1 heterocycles. The zero-order valence-electron chi connectivity index (χ0n) is 41.1. The average Bonchev–Trinajstić information content (AvgIpc) is 4.13. The summed E-state index contributed by atoms with van der Waals surface area (Å²) in [5.41, 5.74) is -5.68. The molecule has 4 bridgehead atoms. The smallest absolute Gasteiger partial charge is 0.331 e. The summed E-state index contributed by atoms with van der Waals surface area (Å²) in [5.74, 6) is 4.52. The summed E-state index contributed by atoms with van der Waals surface area (Å²) < 4.78 is 6.31. The van der Waals surface area contributed by atoms with E-state index in [1.165, 1.54) is 12.8 Å². The Bertz CT molecular complexity index is 2230. The van der Waals surface area contributed by atoms with Crippen molar-refractivity contribution in [3.8, 4) is 11.8 Å². The van der Waals surface area contributed by atoms with Gasteiger partial charge in [0.1, 0.15) is 23.6 Å². The molecule has 0 saturated heterocycles. The van der Waals surface area contributed by atoms with Gasteiger partial charge in [0.15, 0.2) is 0 Å². The van der Waals surface area contributed by atoms with Gasteiger partial charge in [-0.25, -0.2) is 4.79 Å². The number of unbranched alkanes of at least 4 members (excludes halogenated alkanes) is 2. The van der Waals surface area contributed by atoms with E-state index in [2.05, 4.69) is 31.0 Å². The van der Waals surface area contributed by atoms with Gasteiger partial charge in [-0.15, -0.1) is 0 Å². The van der Waals surface area contributed by atoms with Gasteiger partial charge in [0.05, 0.1) is 29.8 Å². The molecule has 10 heteroatoms. The van der Waals surface area contributed by atoms with E-state index in [-0.39, 0.29) is 49.2 Å². The van der Waals surface area contributed by atoms with E-state index in [0.29, 0.717) is 69.1 Å². The largest absolute Gasteiger partial charge is 0.454 e. The minimum atomic E-state index is -2.20. The summed E-state index contributed by atoms with van der Waals surface area (Å²) in [6.07, 6.45) is 16.0. The third kappa shape index (κ3) is 6.40. The monoisotopic (exact) mass is 936 g/mol. The highest BCUT2D eigenvalue weighted by Gasteiger charge is 2.86. The number of nitrogens with one attached hydrogen (secondary N) is 1. The minimum absolute atomic E-state index is 0.0985. The molecule has 0 radical (unpaired) electrons. The Hall–Kier alpha value is -2.62. The molecule has 0 unspecified atom stereocenters. The van der Waals surface area contributed by atoms with Crippen molar-refractivity contribution in [1.29, 1.82) is 0 Å². The van der Waals surface area contributed by atoms with E-state index < -0.39 is 75.1 Å². The van der Waals surface area contributed by atoms with E-state index in [1.54, 1.807) is 6.08 Å². The SMILES string of the molecule is CCCCC[C@@H]1CC[C@]2(C1)C[C@]1(C=O)[C@H]3CC[C@@]45CCC#Cc6cccc(CO)c6C[C@@H](NC)[C@H]6C[C@H](C[C@]4(O)[C@]3(O)[C@@H](O)[C@@H]3C[C@H]([C@@H](C)C4CCCC4)CC[C@@H]([C@H]2O)[C@@]31O)[C@@H]5C1=CC(=O)O[C@@H]16. The number of hydrogen-bond acceptors (Lipinski definition) is 10. The fourth-order valence-electron chi connectivity index (χ4n) is 19.9. The summed E-state index contributed by atoms with van der Waals surface area (Å²) in [7, 11) is 1.92. The highest BCUT2D eigenvalue weighted by Crippen LogP contribution is 2.79. The lowest BCUT2D eigenvalue weighted by Crippen LogP contribution is -2.86. The summed E-state index contributed by atoms with van der Waals surface area (Å²) >= 11 is 0. The average molecular weight is 936 g/mol. The van der Waals surface area contributed by atoms with Crippen LogP contribution in [0.1, 0.15) is 165 Å². The fraction of sp³-hybridized carbons (Fsp3) is 0.793. The van der Waals surface area contributed by atoms with Gasteiger partial charge in [-0.1, -0.05) is 89.2 Å². The maximum Gasteiger partial charge on any atom is 0.331 e. The van der Waals surface area contributed by atoms with E-state index in [1.807, 2.05) is 25.2 Å². The third-order valence-electron chi connectivity index (χ3n) is 22.8. The standard InChI is InChI=1S/C58H81NO9/c1-4-5-6-12-35-20-23-53(29-35)32-55(33-61)47-21-24-54-22-10-9-15-37-16-11-17-39(31-60)41(37)27-46(59-3)42-25-40(49(54)43-28-48(62)68-50(42)43)30-56(54,65)58(47,67)52(64)45-26-38(34(2)36-13-7-8-14-36)18-19-44(51(53)63)57(45,55)66/h11,16-17,28,33-36,38,40,42,44-47,49-52,59-60,63-67H,4-8,10,12-14,18-27,29-32H2,1-3H3/t34-,35+,38+,40+,42+,44-,45-,46+,47+,49+,50+,51+,52-,53-,54+,55-,56+,57+,58+/m0/s1. The van der Waals surface area contributed by atoms with Crippen molar-refractivity contribution in [1.82, 2.24) is 5.32 Å².